The maximum Gasteiger partial charge on any atom is 0.285 e. The van der Waals surface area contributed by atoms with Crippen molar-refractivity contribution in [2.24, 2.45) is 0 Å². The fraction of sp³-hybridized carbons (Fsp3) is 0.455. The van der Waals surface area contributed by atoms with Crippen molar-refractivity contribution in [2.75, 3.05) is 20.6 Å². The van der Waals surface area contributed by atoms with Gasteiger partial charge in [-0.25, -0.2) is 0 Å². The van der Waals surface area contributed by atoms with Crippen LogP contribution in [0.5, 0.6) is 0 Å². The number of aryl methyl sites for hydroxylation is 1. The summed E-state index contributed by atoms with van der Waals surface area (Å²) in [5.41, 5.74) is 0.951. The molecule has 0 unspecified atom stereocenters. The van der Waals surface area contributed by atoms with E-state index < -0.39 is 5.92 Å². The van der Waals surface area contributed by atoms with E-state index in [2.05, 4.69) is 0 Å². The molecule has 0 saturated heterocycles. The van der Waals surface area contributed by atoms with E-state index in [4.69, 9.17) is 0 Å². The zero-order chi connectivity index (χ0) is 10.8. The molecule has 1 rings (SSSR count). The molecule has 78 valence electrons. The van der Waals surface area contributed by atoms with Crippen molar-refractivity contribution in [1.29, 1.82) is 0 Å². The molecule has 0 bridgehead atoms. The van der Waals surface area contributed by atoms with Crippen LogP contribution in [0.3, 0.4) is 0 Å². The first-order chi connectivity index (χ1) is 6.42. The van der Waals surface area contributed by atoms with Crippen LogP contribution in [0.4, 0.5) is 8.78 Å². The topological polar surface area (TPSA) is 3.24 Å². The van der Waals surface area contributed by atoms with Gasteiger partial charge in [0.05, 0.1) is 6.54 Å². The van der Waals surface area contributed by atoms with Gasteiger partial charge in [-0.2, -0.15) is 8.78 Å². The van der Waals surface area contributed by atoms with E-state index in [1.807, 2.05) is 13.0 Å². The average molecular weight is 199 g/mol. The summed E-state index contributed by atoms with van der Waals surface area (Å²) in [5, 5.41) is 0. The Bertz CT molecular complexity index is 308. The first-order valence-electron chi connectivity index (χ1n) is 4.51. The SMILES string of the molecule is Cc1cccc(C(F)(F)CN(C)C)c1. The summed E-state index contributed by atoms with van der Waals surface area (Å²) >= 11 is 0. The van der Waals surface area contributed by atoms with E-state index in [9.17, 15) is 8.78 Å². The Morgan fingerprint density at radius 1 is 1.29 bits per heavy atom. The first-order valence-corrected chi connectivity index (χ1v) is 4.51. The quantitative estimate of drug-likeness (QED) is 0.723. The molecule has 1 aromatic carbocycles. The molecule has 0 fully saturated rings. The van der Waals surface area contributed by atoms with E-state index in [0.717, 1.165) is 5.56 Å². The molecule has 1 nitrogen and oxygen atoms in total. The molecule has 0 spiro atoms. The van der Waals surface area contributed by atoms with Crippen LogP contribution < -0.4 is 0 Å². The van der Waals surface area contributed by atoms with Gasteiger partial charge in [-0.3, -0.25) is 0 Å². The molecule has 0 atom stereocenters. The monoisotopic (exact) mass is 199 g/mol. The molecule has 0 amide bonds. The number of halogens is 2. The third kappa shape index (κ3) is 2.77. The minimum atomic E-state index is -2.77. The molecule has 3 heteroatoms. The second-order valence-electron chi connectivity index (χ2n) is 3.81. The normalized spacial score (nSPS) is 12.1. The number of rotatable bonds is 3. The van der Waals surface area contributed by atoms with Crippen LogP contribution in [-0.2, 0) is 5.92 Å². The molecule has 0 radical (unpaired) electrons. The zero-order valence-corrected chi connectivity index (χ0v) is 8.72. The first kappa shape index (κ1) is 11.1. The van der Waals surface area contributed by atoms with Gasteiger partial charge in [0.1, 0.15) is 0 Å². The number of hydrogen-bond acceptors (Lipinski definition) is 1. The van der Waals surface area contributed by atoms with Crippen LogP contribution in [0.25, 0.3) is 0 Å². The Morgan fingerprint density at radius 3 is 2.43 bits per heavy atom. The van der Waals surface area contributed by atoms with Crippen molar-refractivity contribution < 1.29 is 8.78 Å². The maximum atomic E-state index is 13.5. The summed E-state index contributed by atoms with van der Waals surface area (Å²) in [7, 11) is 3.29. The summed E-state index contributed by atoms with van der Waals surface area (Å²) in [5.74, 6) is -2.77. The van der Waals surface area contributed by atoms with Gasteiger partial charge in [0.25, 0.3) is 5.92 Å². The molecule has 0 aliphatic carbocycles. The van der Waals surface area contributed by atoms with Crippen LogP contribution in [0.1, 0.15) is 11.1 Å². The van der Waals surface area contributed by atoms with E-state index in [1.54, 1.807) is 20.2 Å². The lowest BCUT2D eigenvalue weighted by Gasteiger charge is -2.21. The Kier molecular flexibility index (Phi) is 3.21. The molecule has 0 aliphatic rings. The van der Waals surface area contributed by atoms with Gasteiger partial charge in [-0.05, 0) is 21.0 Å². The van der Waals surface area contributed by atoms with Crippen molar-refractivity contribution in [2.45, 2.75) is 12.8 Å². The standard InChI is InChI=1S/C11H15F2N/c1-9-5-4-6-10(7-9)11(12,13)8-14(2)3/h4-7H,8H2,1-3H3. The molecular formula is C11H15F2N. The lowest BCUT2D eigenvalue weighted by atomic mass is 10.1. The molecule has 0 aliphatic heterocycles. The van der Waals surface area contributed by atoms with Crippen molar-refractivity contribution in [1.82, 2.24) is 4.90 Å². The highest BCUT2D eigenvalue weighted by Crippen LogP contribution is 2.28. The second-order valence-corrected chi connectivity index (χ2v) is 3.81. The number of nitrogens with zero attached hydrogens (tertiary/aromatic N) is 1. The summed E-state index contributed by atoms with van der Waals surface area (Å²) in [6, 6.07) is 6.48. The van der Waals surface area contributed by atoms with Gasteiger partial charge < -0.3 is 4.90 Å². The molecule has 1 aromatic rings. The smallest absolute Gasteiger partial charge is 0.285 e. The molecule has 14 heavy (non-hydrogen) atoms. The fourth-order valence-electron chi connectivity index (χ4n) is 1.36. The van der Waals surface area contributed by atoms with E-state index in [1.165, 1.54) is 17.0 Å². The average Bonchev–Trinajstić information content (AvgIpc) is 2.01. The zero-order valence-electron chi connectivity index (χ0n) is 8.72. The van der Waals surface area contributed by atoms with Crippen LogP contribution in [0.2, 0.25) is 0 Å². The Morgan fingerprint density at radius 2 is 1.93 bits per heavy atom. The van der Waals surface area contributed by atoms with E-state index in [0.29, 0.717) is 0 Å². The third-order valence-electron chi connectivity index (χ3n) is 1.96. The van der Waals surface area contributed by atoms with Crippen molar-refractivity contribution >= 4 is 0 Å². The number of benzene rings is 1. The summed E-state index contributed by atoms with van der Waals surface area (Å²) in [6.45, 7) is 1.56. The highest BCUT2D eigenvalue weighted by Gasteiger charge is 2.31. The minimum Gasteiger partial charge on any atom is -0.303 e. The fourth-order valence-corrected chi connectivity index (χ4v) is 1.36. The van der Waals surface area contributed by atoms with E-state index in [-0.39, 0.29) is 12.1 Å². The van der Waals surface area contributed by atoms with E-state index >= 15 is 0 Å². The van der Waals surface area contributed by atoms with Crippen molar-refractivity contribution in [3.63, 3.8) is 0 Å². The molecule has 0 heterocycles. The van der Waals surface area contributed by atoms with Crippen LogP contribution in [0, 0.1) is 6.92 Å². The predicted octanol–water partition coefficient (Wildman–Crippen LogP) is 2.65. The lowest BCUT2D eigenvalue weighted by Crippen LogP contribution is -2.29. The van der Waals surface area contributed by atoms with Gasteiger partial charge in [-0.1, -0.05) is 29.8 Å². The van der Waals surface area contributed by atoms with Gasteiger partial charge in [0.2, 0.25) is 0 Å². The third-order valence-corrected chi connectivity index (χ3v) is 1.96. The molecule has 0 saturated carbocycles. The van der Waals surface area contributed by atoms with Crippen LogP contribution in [-0.4, -0.2) is 25.5 Å². The summed E-state index contributed by atoms with van der Waals surface area (Å²) < 4.78 is 27.1. The number of likely N-dealkylation sites (N-methyl/N-ethyl adjacent to an activating group) is 1. The van der Waals surface area contributed by atoms with Crippen molar-refractivity contribution in [3.05, 3.63) is 35.4 Å². The Labute approximate surface area is 83.3 Å². The minimum absolute atomic E-state index is 0.0891. The Hall–Kier alpha value is -0.960. The Balaban J connectivity index is 2.91. The van der Waals surface area contributed by atoms with Gasteiger partial charge in [0, 0.05) is 5.56 Å². The van der Waals surface area contributed by atoms with Gasteiger partial charge in [0.15, 0.2) is 0 Å². The molecular weight excluding hydrogens is 184 g/mol. The maximum absolute atomic E-state index is 13.5. The predicted molar refractivity (Wildman–Crippen MR) is 53.6 cm³/mol. The second kappa shape index (κ2) is 4.05. The number of hydrogen-bond donors (Lipinski definition) is 0. The summed E-state index contributed by atoms with van der Waals surface area (Å²) in [4.78, 5) is 1.49. The van der Waals surface area contributed by atoms with Crippen molar-refractivity contribution in [3.8, 4) is 0 Å². The number of alkyl halides is 2. The largest absolute Gasteiger partial charge is 0.303 e. The highest BCUT2D eigenvalue weighted by molar-refractivity contribution is 5.26. The van der Waals surface area contributed by atoms with Crippen LogP contribution in [0.15, 0.2) is 24.3 Å². The summed E-state index contributed by atoms with van der Waals surface area (Å²) in [6.07, 6.45) is 0. The highest BCUT2D eigenvalue weighted by atomic mass is 19.3. The van der Waals surface area contributed by atoms with Gasteiger partial charge >= 0.3 is 0 Å². The molecule has 0 aromatic heterocycles. The lowest BCUT2D eigenvalue weighted by molar-refractivity contribution is -0.0270. The van der Waals surface area contributed by atoms with Gasteiger partial charge in [-0.15, -0.1) is 0 Å². The van der Waals surface area contributed by atoms with Crippen LogP contribution >= 0.6 is 0 Å². The molecule has 0 N–H and O–H groups in total.